The summed E-state index contributed by atoms with van der Waals surface area (Å²) >= 11 is 0. The van der Waals surface area contributed by atoms with E-state index in [2.05, 4.69) is 0 Å². The van der Waals surface area contributed by atoms with Crippen LogP contribution in [0.2, 0.25) is 0 Å². The fourth-order valence-corrected chi connectivity index (χ4v) is 0.986. The Balaban J connectivity index is 3.96. The molecule has 0 radical (unpaired) electrons. The van der Waals surface area contributed by atoms with E-state index in [1.54, 1.807) is 4.90 Å². The lowest BCUT2D eigenvalue weighted by atomic mass is 10.1. The zero-order valence-electron chi connectivity index (χ0n) is 11.2. The molecule has 0 heterocycles. The Labute approximate surface area is 93.8 Å². The summed E-state index contributed by atoms with van der Waals surface area (Å²) in [5.41, 5.74) is -0.278. The van der Waals surface area contributed by atoms with Crippen LogP contribution in [0.1, 0.15) is 48.0 Å². The van der Waals surface area contributed by atoms with Crippen molar-refractivity contribution < 1.29 is 9.53 Å². The predicted octanol–water partition coefficient (Wildman–Crippen LogP) is 2.45. The molecule has 0 aromatic rings. The molecule has 3 nitrogen and oxygen atoms in total. The number of carbonyl (C=O) groups excluding carboxylic acids is 1. The average Bonchev–Trinajstić information content (AvgIpc) is 1.98. The Hall–Kier alpha value is -0.570. The fraction of sp³-hybridized carbons (Fsp3) is 0.917. The summed E-state index contributed by atoms with van der Waals surface area (Å²) in [5.74, 6) is 0.131. The molecule has 0 aromatic carbocycles. The van der Waals surface area contributed by atoms with E-state index < -0.39 is 0 Å². The van der Waals surface area contributed by atoms with Crippen molar-refractivity contribution in [2.75, 3.05) is 13.7 Å². The second-order valence-corrected chi connectivity index (χ2v) is 5.83. The van der Waals surface area contributed by atoms with Crippen molar-refractivity contribution in [2.24, 2.45) is 0 Å². The van der Waals surface area contributed by atoms with Gasteiger partial charge in [0.15, 0.2) is 0 Å². The Morgan fingerprint density at radius 2 is 1.60 bits per heavy atom. The van der Waals surface area contributed by atoms with E-state index in [0.29, 0.717) is 13.0 Å². The van der Waals surface area contributed by atoms with Crippen molar-refractivity contribution in [3.8, 4) is 0 Å². The zero-order chi connectivity index (χ0) is 12.3. The second kappa shape index (κ2) is 4.97. The van der Waals surface area contributed by atoms with Gasteiger partial charge in [0.2, 0.25) is 5.91 Å². The maximum absolute atomic E-state index is 11.7. The van der Waals surface area contributed by atoms with Crippen LogP contribution < -0.4 is 0 Å². The highest BCUT2D eigenvalue weighted by Gasteiger charge is 2.22. The van der Waals surface area contributed by atoms with Gasteiger partial charge in [0.05, 0.1) is 18.6 Å². The number of rotatable bonds is 3. The van der Waals surface area contributed by atoms with Crippen molar-refractivity contribution in [3.05, 3.63) is 0 Å². The molecular formula is C12H25NO2. The average molecular weight is 215 g/mol. The van der Waals surface area contributed by atoms with Gasteiger partial charge in [0.1, 0.15) is 0 Å². The van der Waals surface area contributed by atoms with Crippen molar-refractivity contribution in [1.82, 2.24) is 4.90 Å². The van der Waals surface area contributed by atoms with Crippen LogP contribution in [0, 0.1) is 0 Å². The molecule has 0 saturated heterocycles. The minimum atomic E-state index is -0.166. The highest BCUT2D eigenvalue weighted by Crippen LogP contribution is 2.13. The molecule has 0 aliphatic rings. The Morgan fingerprint density at radius 1 is 1.13 bits per heavy atom. The standard InChI is InChI=1S/C12H25NO2/c1-11(2,3)13(7)10(14)8-9-15-12(4,5)6/h8-9H2,1-7H3. The lowest BCUT2D eigenvalue weighted by Crippen LogP contribution is -2.43. The number of carbonyl (C=O) groups is 1. The fourth-order valence-electron chi connectivity index (χ4n) is 0.986. The topological polar surface area (TPSA) is 29.5 Å². The molecule has 0 aromatic heterocycles. The molecule has 0 bridgehead atoms. The maximum Gasteiger partial charge on any atom is 0.225 e. The molecule has 3 heteroatoms. The molecular weight excluding hydrogens is 190 g/mol. The Kier molecular flexibility index (Phi) is 4.78. The molecule has 90 valence electrons. The highest BCUT2D eigenvalue weighted by atomic mass is 16.5. The lowest BCUT2D eigenvalue weighted by molar-refractivity contribution is -0.136. The summed E-state index contributed by atoms with van der Waals surface area (Å²) in [6.07, 6.45) is 0.449. The number of nitrogens with zero attached hydrogens (tertiary/aromatic N) is 1. The van der Waals surface area contributed by atoms with Crippen LogP contribution in [0.3, 0.4) is 0 Å². The summed E-state index contributed by atoms with van der Waals surface area (Å²) < 4.78 is 5.52. The van der Waals surface area contributed by atoms with Gasteiger partial charge in [-0.25, -0.2) is 0 Å². The second-order valence-electron chi connectivity index (χ2n) is 5.83. The van der Waals surface area contributed by atoms with E-state index in [9.17, 15) is 4.79 Å². The Morgan fingerprint density at radius 3 is 1.93 bits per heavy atom. The van der Waals surface area contributed by atoms with Crippen molar-refractivity contribution >= 4 is 5.91 Å². The first-order chi connectivity index (χ1) is 6.54. The van der Waals surface area contributed by atoms with Crippen molar-refractivity contribution in [1.29, 1.82) is 0 Å². The summed E-state index contributed by atoms with van der Waals surface area (Å²) in [7, 11) is 1.83. The van der Waals surface area contributed by atoms with Crippen LogP contribution >= 0.6 is 0 Å². The molecule has 1 amide bonds. The van der Waals surface area contributed by atoms with Gasteiger partial charge >= 0.3 is 0 Å². The van der Waals surface area contributed by atoms with E-state index in [1.165, 1.54) is 0 Å². The minimum absolute atomic E-state index is 0.112. The quantitative estimate of drug-likeness (QED) is 0.723. The number of amides is 1. The third-order valence-corrected chi connectivity index (χ3v) is 2.23. The van der Waals surface area contributed by atoms with E-state index in [4.69, 9.17) is 4.74 Å². The first-order valence-electron chi connectivity index (χ1n) is 5.44. The molecule has 0 spiro atoms. The van der Waals surface area contributed by atoms with Crippen LogP contribution in [0.5, 0.6) is 0 Å². The van der Waals surface area contributed by atoms with Crippen LogP contribution in [0.15, 0.2) is 0 Å². The number of ether oxygens (including phenoxy) is 1. The third kappa shape index (κ3) is 6.50. The van der Waals surface area contributed by atoms with Crippen LogP contribution in [-0.4, -0.2) is 35.6 Å². The molecule has 0 rings (SSSR count). The number of hydrogen-bond donors (Lipinski definition) is 0. The van der Waals surface area contributed by atoms with Gasteiger partial charge in [-0.05, 0) is 41.5 Å². The predicted molar refractivity (Wildman–Crippen MR) is 62.8 cm³/mol. The van der Waals surface area contributed by atoms with E-state index >= 15 is 0 Å². The molecule has 0 atom stereocenters. The Bertz CT molecular complexity index is 211. The SMILES string of the molecule is CN(C(=O)CCOC(C)(C)C)C(C)(C)C. The molecule has 0 aliphatic carbocycles. The normalized spacial score (nSPS) is 12.7. The van der Waals surface area contributed by atoms with Gasteiger partial charge in [-0.15, -0.1) is 0 Å². The van der Waals surface area contributed by atoms with Crippen LogP contribution in [-0.2, 0) is 9.53 Å². The summed E-state index contributed by atoms with van der Waals surface area (Å²) in [6, 6.07) is 0. The van der Waals surface area contributed by atoms with Gasteiger partial charge < -0.3 is 9.64 Å². The van der Waals surface area contributed by atoms with E-state index in [0.717, 1.165) is 0 Å². The van der Waals surface area contributed by atoms with Crippen LogP contribution in [0.4, 0.5) is 0 Å². The molecule has 0 saturated carbocycles. The summed E-state index contributed by atoms with van der Waals surface area (Å²) in [5, 5.41) is 0. The number of hydrogen-bond acceptors (Lipinski definition) is 2. The largest absolute Gasteiger partial charge is 0.375 e. The monoisotopic (exact) mass is 215 g/mol. The van der Waals surface area contributed by atoms with Crippen molar-refractivity contribution in [3.63, 3.8) is 0 Å². The molecule has 0 unspecified atom stereocenters. The molecule has 15 heavy (non-hydrogen) atoms. The third-order valence-electron chi connectivity index (χ3n) is 2.23. The van der Waals surface area contributed by atoms with Gasteiger partial charge in [-0.3, -0.25) is 4.79 Å². The van der Waals surface area contributed by atoms with Crippen molar-refractivity contribution in [2.45, 2.75) is 59.1 Å². The first-order valence-corrected chi connectivity index (χ1v) is 5.44. The lowest BCUT2D eigenvalue weighted by Gasteiger charge is -2.32. The van der Waals surface area contributed by atoms with Crippen LogP contribution in [0.25, 0.3) is 0 Å². The van der Waals surface area contributed by atoms with E-state index in [1.807, 2.05) is 48.6 Å². The smallest absolute Gasteiger partial charge is 0.225 e. The molecule has 0 aliphatic heterocycles. The molecule has 0 fully saturated rings. The van der Waals surface area contributed by atoms with Gasteiger partial charge in [-0.2, -0.15) is 0 Å². The maximum atomic E-state index is 11.7. The zero-order valence-corrected chi connectivity index (χ0v) is 11.2. The summed E-state index contributed by atoms with van der Waals surface area (Å²) in [6.45, 7) is 12.5. The van der Waals surface area contributed by atoms with E-state index in [-0.39, 0.29) is 17.0 Å². The first kappa shape index (κ1) is 14.4. The minimum Gasteiger partial charge on any atom is -0.375 e. The molecule has 0 N–H and O–H groups in total. The van der Waals surface area contributed by atoms with Gasteiger partial charge in [0.25, 0.3) is 0 Å². The van der Waals surface area contributed by atoms with Gasteiger partial charge in [0, 0.05) is 12.6 Å². The van der Waals surface area contributed by atoms with Gasteiger partial charge in [-0.1, -0.05) is 0 Å². The summed E-state index contributed by atoms with van der Waals surface area (Å²) in [4.78, 5) is 13.5. The highest BCUT2D eigenvalue weighted by molar-refractivity contribution is 5.76.